The van der Waals surface area contributed by atoms with Crippen LogP contribution in [0.3, 0.4) is 0 Å². The number of halogens is 1. The van der Waals surface area contributed by atoms with Gasteiger partial charge in [-0.2, -0.15) is 0 Å². The van der Waals surface area contributed by atoms with E-state index in [0.29, 0.717) is 30.4 Å². The van der Waals surface area contributed by atoms with E-state index in [9.17, 15) is 5.11 Å². The van der Waals surface area contributed by atoms with E-state index in [1.54, 1.807) is 0 Å². The molecule has 5 heteroatoms. The van der Waals surface area contributed by atoms with Gasteiger partial charge in [-0.25, -0.2) is 0 Å². The average molecular weight is 453 g/mol. The van der Waals surface area contributed by atoms with Gasteiger partial charge in [0.1, 0.15) is 0 Å². The molecular weight excluding hydrogens is 424 g/mol. The summed E-state index contributed by atoms with van der Waals surface area (Å²) in [4.78, 5) is 0. The summed E-state index contributed by atoms with van der Waals surface area (Å²) >= 11 is 6.19. The second-order valence-corrected chi connectivity index (χ2v) is 8.55. The molecule has 0 aliphatic carbocycles. The van der Waals surface area contributed by atoms with Crippen molar-refractivity contribution in [2.75, 3.05) is 6.61 Å². The van der Waals surface area contributed by atoms with Crippen molar-refractivity contribution in [2.24, 2.45) is 0 Å². The Morgan fingerprint density at radius 3 is 2.25 bits per heavy atom. The molecule has 0 amide bonds. The zero-order valence-electron chi connectivity index (χ0n) is 18.0. The number of rotatable bonds is 9. The van der Waals surface area contributed by atoms with Crippen LogP contribution in [-0.2, 0) is 34.0 Å². The lowest BCUT2D eigenvalue weighted by atomic mass is 9.95. The molecule has 32 heavy (non-hydrogen) atoms. The van der Waals surface area contributed by atoms with Crippen LogP contribution >= 0.6 is 11.6 Å². The van der Waals surface area contributed by atoms with Gasteiger partial charge < -0.3 is 19.3 Å². The molecule has 3 atom stereocenters. The van der Waals surface area contributed by atoms with Crippen molar-refractivity contribution in [1.29, 1.82) is 0 Å². The monoisotopic (exact) mass is 452 g/mol. The molecule has 0 saturated carbocycles. The van der Waals surface area contributed by atoms with Gasteiger partial charge in [0.05, 0.1) is 44.7 Å². The van der Waals surface area contributed by atoms with E-state index >= 15 is 0 Å². The third kappa shape index (κ3) is 6.41. The van der Waals surface area contributed by atoms with Crippen LogP contribution in [0, 0.1) is 0 Å². The molecule has 4 rings (SSSR count). The molecule has 1 heterocycles. The topological polar surface area (TPSA) is 47.9 Å². The number of aliphatic hydroxyl groups is 1. The van der Waals surface area contributed by atoms with Gasteiger partial charge in [0.2, 0.25) is 0 Å². The van der Waals surface area contributed by atoms with Gasteiger partial charge in [-0.05, 0) is 34.4 Å². The maximum atomic E-state index is 9.61. The normalized spacial score (nSPS) is 20.9. The van der Waals surface area contributed by atoms with Crippen molar-refractivity contribution in [3.05, 3.63) is 106 Å². The van der Waals surface area contributed by atoms with Crippen LogP contribution in [-0.4, -0.2) is 23.9 Å². The Kier molecular flexibility index (Phi) is 8.32. The molecule has 0 spiro atoms. The van der Waals surface area contributed by atoms with Gasteiger partial charge in [0.15, 0.2) is 0 Å². The summed E-state index contributed by atoms with van der Waals surface area (Å²) in [6.45, 7) is 1.52. The first-order chi connectivity index (χ1) is 15.7. The van der Waals surface area contributed by atoms with Gasteiger partial charge in [-0.1, -0.05) is 78.3 Å². The summed E-state index contributed by atoms with van der Waals surface area (Å²) in [5.41, 5.74) is 4.00. The zero-order valence-corrected chi connectivity index (χ0v) is 18.8. The average Bonchev–Trinajstić information content (AvgIpc) is 2.84. The third-order valence-electron chi connectivity index (χ3n) is 5.72. The second-order valence-electron chi connectivity index (χ2n) is 8.15. The zero-order chi connectivity index (χ0) is 22.2. The minimum atomic E-state index is -0.141. The summed E-state index contributed by atoms with van der Waals surface area (Å²) in [5.74, 6) is 0. The SMILES string of the molecule is OCc1cc(C2CC(OCc3ccccc3)CC(COCc3ccccc3)O2)ccc1Cl. The molecule has 1 N–H and O–H groups in total. The van der Waals surface area contributed by atoms with Crippen LogP contribution < -0.4 is 0 Å². The molecular formula is C27H29ClO4. The number of benzene rings is 3. The summed E-state index contributed by atoms with van der Waals surface area (Å²) in [5, 5.41) is 10.2. The maximum Gasteiger partial charge on any atom is 0.0854 e. The Morgan fingerprint density at radius 1 is 0.875 bits per heavy atom. The molecule has 168 valence electrons. The lowest BCUT2D eigenvalue weighted by Gasteiger charge is -2.36. The molecule has 3 aromatic carbocycles. The fraction of sp³-hybridized carbons (Fsp3) is 0.333. The molecule has 4 nitrogen and oxygen atoms in total. The minimum absolute atomic E-state index is 0.0486. The van der Waals surface area contributed by atoms with Crippen LogP contribution in [0.25, 0.3) is 0 Å². The smallest absolute Gasteiger partial charge is 0.0854 e. The Labute approximate surface area is 194 Å². The highest BCUT2D eigenvalue weighted by Crippen LogP contribution is 2.35. The molecule has 1 aliphatic heterocycles. The fourth-order valence-corrected chi connectivity index (χ4v) is 4.19. The van der Waals surface area contributed by atoms with Gasteiger partial charge in [0.25, 0.3) is 0 Å². The van der Waals surface area contributed by atoms with Crippen molar-refractivity contribution < 1.29 is 19.3 Å². The quantitative estimate of drug-likeness (QED) is 0.442. The molecule has 0 radical (unpaired) electrons. The molecule has 1 aliphatic rings. The molecule has 1 saturated heterocycles. The van der Waals surface area contributed by atoms with E-state index in [4.69, 9.17) is 25.8 Å². The van der Waals surface area contributed by atoms with Crippen molar-refractivity contribution >= 4 is 11.6 Å². The predicted octanol–water partition coefficient (Wildman–Crippen LogP) is 5.85. The highest BCUT2D eigenvalue weighted by molar-refractivity contribution is 6.31. The summed E-state index contributed by atoms with van der Waals surface area (Å²) in [6.07, 6.45) is 1.35. The second kappa shape index (κ2) is 11.6. The summed E-state index contributed by atoms with van der Waals surface area (Å²) < 4.78 is 18.7. The third-order valence-corrected chi connectivity index (χ3v) is 6.08. The Bertz CT molecular complexity index is 964. The van der Waals surface area contributed by atoms with Crippen molar-refractivity contribution in [3.63, 3.8) is 0 Å². The van der Waals surface area contributed by atoms with E-state index < -0.39 is 0 Å². The fourth-order valence-electron chi connectivity index (χ4n) is 4.02. The van der Waals surface area contributed by atoms with Crippen LogP contribution in [0.2, 0.25) is 5.02 Å². The Hall–Kier alpha value is -2.21. The van der Waals surface area contributed by atoms with Crippen molar-refractivity contribution in [1.82, 2.24) is 0 Å². The minimum Gasteiger partial charge on any atom is -0.392 e. The number of ether oxygens (including phenoxy) is 3. The van der Waals surface area contributed by atoms with E-state index in [2.05, 4.69) is 24.3 Å². The summed E-state index contributed by atoms with van der Waals surface area (Å²) in [7, 11) is 0. The van der Waals surface area contributed by atoms with Crippen molar-refractivity contribution in [2.45, 2.75) is 51.0 Å². The van der Waals surface area contributed by atoms with Gasteiger partial charge in [0, 0.05) is 17.9 Å². The van der Waals surface area contributed by atoms with Gasteiger partial charge in [-0.3, -0.25) is 0 Å². The first-order valence-electron chi connectivity index (χ1n) is 11.0. The standard InChI is InChI=1S/C27H29ClO4/c28-26-12-11-22(13-23(26)16-29)27-15-24(31-18-21-9-5-2-6-10-21)14-25(32-27)19-30-17-20-7-3-1-4-8-20/h1-13,24-25,27,29H,14-19H2. The molecule has 1 fully saturated rings. The first-order valence-corrected chi connectivity index (χ1v) is 11.4. The Balaban J connectivity index is 1.42. The van der Waals surface area contributed by atoms with Gasteiger partial charge >= 0.3 is 0 Å². The van der Waals surface area contributed by atoms with Crippen LogP contribution in [0.4, 0.5) is 0 Å². The molecule has 0 aromatic heterocycles. The van der Waals surface area contributed by atoms with E-state index in [-0.39, 0.29) is 24.9 Å². The van der Waals surface area contributed by atoms with E-state index in [1.807, 2.05) is 54.6 Å². The van der Waals surface area contributed by atoms with E-state index in [0.717, 1.165) is 29.5 Å². The first kappa shape index (κ1) is 23.0. The largest absolute Gasteiger partial charge is 0.392 e. The molecule has 0 bridgehead atoms. The Morgan fingerprint density at radius 2 is 1.56 bits per heavy atom. The number of hydrogen-bond donors (Lipinski definition) is 1. The van der Waals surface area contributed by atoms with Crippen LogP contribution in [0.15, 0.2) is 78.9 Å². The van der Waals surface area contributed by atoms with Crippen LogP contribution in [0.5, 0.6) is 0 Å². The highest BCUT2D eigenvalue weighted by atomic mass is 35.5. The van der Waals surface area contributed by atoms with E-state index in [1.165, 1.54) is 0 Å². The predicted molar refractivity (Wildman–Crippen MR) is 125 cm³/mol. The molecule has 3 aromatic rings. The summed E-state index contributed by atoms with van der Waals surface area (Å²) in [6, 6.07) is 26.0. The number of hydrogen-bond acceptors (Lipinski definition) is 4. The highest BCUT2D eigenvalue weighted by Gasteiger charge is 2.31. The number of aliphatic hydroxyl groups excluding tert-OH is 1. The lowest BCUT2D eigenvalue weighted by molar-refractivity contribution is -0.142. The molecule has 3 unspecified atom stereocenters. The van der Waals surface area contributed by atoms with Crippen LogP contribution in [0.1, 0.15) is 41.2 Å². The van der Waals surface area contributed by atoms with Crippen molar-refractivity contribution in [3.8, 4) is 0 Å². The lowest BCUT2D eigenvalue weighted by Crippen LogP contribution is -2.35. The van der Waals surface area contributed by atoms with Gasteiger partial charge in [-0.15, -0.1) is 0 Å². The maximum absolute atomic E-state index is 9.61.